The summed E-state index contributed by atoms with van der Waals surface area (Å²) in [6, 6.07) is 6.09. The molecule has 2 aromatic heterocycles. The van der Waals surface area contributed by atoms with Gasteiger partial charge in [0.2, 0.25) is 0 Å². The lowest BCUT2D eigenvalue weighted by molar-refractivity contribution is -0.0604. The van der Waals surface area contributed by atoms with Crippen molar-refractivity contribution in [2.75, 3.05) is 19.7 Å². The van der Waals surface area contributed by atoms with Gasteiger partial charge in [0.25, 0.3) is 0 Å². The Morgan fingerprint density at radius 2 is 2.12 bits per heavy atom. The monoisotopic (exact) mass is 524 g/mol. The standard InChI is InChI=1S/C24H25BrN6O3/c1-29-20(21(25)28-22(29)15-8-24(9-15)12-30(13-24)23(32)33)16-6-14(10-26)7-18-17(16)11-27-31(18)19-4-2-3-5-34-19/h6-7,11,15,19H,2-5,8-9,12-13H2,1H3,(H,32,33). The van der Waals surface area contributed by atoms with Crippen LogP contribution in [0.4, 0.5) is 4.79 Å². The first-order chi connectivity index (χ1) is 16.4. The zero-order chi connectivity index (χ0) is 23.6. The van der Waals surface area contributed by atoms with Crippen molar-refractivity contribution < 1.29 is 14.6 Å². The number of nitriles is 1. The predicted octanol–water partition coefficient (Wildman–Crippen LogP) is 4.63. The Morgan fingerprint density at radius 1 is 1.32 bits per heavy atom. The van der Waals surface area contributed by atoms with E-state index in [2.05, 4.69) is 31.7 Å². The summed E-state index contributed by atoms with van der Waals surface area (Å²) in [5, 5.41) is 24.5. The molecule has 6 rings (SSSR count). The highest BCUT2D eigenvalue weighted by molar-refractivity contribution is 9.10. The molecule has 4 heterocycles. The van der Waals surface area contributed by atoms with Crippen molar-refractivity contribution in [1.82, 2.24) is 24.2 Å². The molecular formula is C24H25BrN6O3. The minimum Gasteiger partial charge on any atom is -0.465 e. The van der Waals surface area contributed by atoms with Crippen molar-refractivity contribution in [2.24, 2.45) is 12.5 Å². The Bertz CT molecular complexity index is 1330. The highest BCUT2D eigenvalue weighted by Crippen LogP contribution is 2.56. The van der Waals surface area contributed by atoms with Crippen LogP contribution in [0.1, 0.15) is 55.6 Å². The number of nitrogens with zero attached hydrogens (tertiary/aromatic N) is 6. The lowest BCUT2D eigenvalue weighted by Gasteiger charge is -2.57. The van der Waals surface area contributed by atoms with Gasteiger partial charge < -0.3 is 19.3 Å². The first-order valence-electron chi connectivity index (χ1n) is 11.6. The summed E-state index contributed by atoms with van der Waals surface area (Å²) in [7, 11) is 2.01. The van der Waals surface area contributed by atoms with Crippen molar-refractivity contribution >= 4 is 32.9 Å². The number of halogens is 1. The van der Waals surface area contributed by atoms with E-state index in [0.29, 0.717) is 24.6 Å². The molecule has 9 nitrogen and oxygen atoms in total. The third-order valence-corrected chi connectivity index (χ3v) is 8.22. The quantitative estimate of drug-likeness (QED) is 0.534. The molecule has 1 N–H and O–H groups in total. The van der Waals surface area contributed by atoms with Crippen molar-refractivity contribution in [3.05, 3.63) is 34.3 Å². The number of amides is 1. The molecule has 1 spiro atoms. The molecule has 176 valence electrons. The third-order valence-electron chi connectivity index (χ3n) is 7.66. The van der Waals surface area contributed by atoms with Gasteiger partial charge in [-0.15, -0.1) is 0 Å². The SMILES string of the molecule is Cn1c(C2CC3(C2)CN(C(=O)O)C3)nc(Br)c1-c1cc(C#N)cc2c1cnn2C1CCCCO1. The summed E-state index contributed by atoms with van der Waals surface area (Å²) < 4.78 is 10.7. The lowest BCUT2D eigenvalue weighted by atomic mass is 9.57. The second-order valence-electron chi connectivity index (χ2n) is 9.89. The largest absolute Gasteiger partial charge is 0.465 e. The molecule has 1 aliphatic carbocycles. The van der Waals surface area contributed by atoms with Crippen molar-refractivity contribution in [1.29, 1.82) is 5.26 Å². The number of benzene rings is 1. The third kappa shape index (κ3) is 3.25. The van der Waals surface area contributed by atoms with Crippen LogP contribution in [0, 0.1) is 16.7 Å². The van der Waals surface area contributed by atoms with E-state index in [1.807, 2.05) is 30.1 Å². The number of fused-ring (bicyclic) bond motifs is 1. The summed E-state index contributed by atoms with van der Waals surface area (Å²) in [6.07, 6.45) is 5.86. The van der Waals surface area contributed by atoms with Crippen LogP contribution in [0.3, 0.4) is 0 Å². The van der Waals surface area contributed by atoms with Crippen molar-refractivity contribution in [3.63, 3.8) is 0 Å². The molecule has 3 fully saturated rings. The van der Waals surface area contributed by atoms with E-state index in [1.54, 1.807) is 0 Å². The average Bonchev–Trinajstić information content (AvgIpc) is 3.32. The van der Waals surface area contributed by atoms with Crippen molar-refractivity contribution in [3.8, 4) is 17.3 Å². The zero-order valence-corrected chi connectivity index (χ0v) is 20.5. The second-order valence-corrected chi connectivity index (χ2v) is 10.6. The number of ether oxygens (including phenoxy) is 1. The minimum atomic E-state index is -0.836. The molecule has 1 amide bonds. The molecule has 10 heteroatoms. The van der Waals surface area contributed by atoms with E-state index < -0.39 is 6.09 Å². The number of imidazole rings is 1. The molecule has 1 atom stereocenters. The normalized spacial score (nSPS) is 21.9. The summed E-state index contributed by atoms with van der Waals surface area (Å²) in [5.41, 5.74) is 3.40. The van der Waals surface area contributed by atoms with Crippen LogP contribution in [0.15, 0.2) is 22.9 Å². The molecule has 2 aliphatic heterocycles. The predicted molar refractivity (Wildman–Crippen MR) is 127 cm³/mol. The number of rotatable bonds is 3. The Hall–Kier alpha value is -2.90. The number of aromatic nitrogens is 4. The molecule has 1 aromatic carbocycles. The van der Waals surface area contributed by atoms with E-state index in [4.69, 9.17) is 14.8 Å². The van der Waals surface area contributed by atoms with Crippen LogP contribution >= 0.6 is 15.9 Å². The van der Waals surface area contributed by atoms with Crippen LogP contribution in [0.25, 0.3) is 22.2 Å². The Labute approximate surface area is 205 Å². The van der Waals surface area contributed by atoms with E-state index in [9.17, 15) is 10.1 Å². The summed E-state index contributed by atoms with van der Waals surface area (Å²) in [5.74, 6) is 1.28. The molecule has 3 aromatic rings. The van der Waals surface area contributed by atoms with Gasteiger partial charge in [-0.2, -0.15) is 10.4 Å². The first-order valence-corrected chi connectivity index (χ1v) is 12.4. The van der Waals surface area contributed by atoms with Gasteiger partial charge in [0, 0.05) is 49.0 Å². The van der Waals surface area contributed by atoms with Crippen LogP contribution in [0.2, 0.25) is 0 Å². The average molecular weight is 525 g/mol. The fourth-order valence-electron chi connectivity index (χ4n) is 6.02. The van der Waals surface area contributed by atoms with Crippen LogP contribution in [-0.4, -0.2) is 55.1 Å². The fraction of sp³-hybridized carbons (Fsp3) is 0.500. The zero-order valence-electron chi connectivity index (χ0n) is 18.9. The van der Waals surface area contributed by atoms with Crippen LogP contribution in [-0.2, 0) is 11.8 Å². The molecule has 2 saturated heterocycles. The van der Waals surface area contributed by atoms with Gasteiger partial charge in [0.15, 0.2) is 6.23 Å². The summed E-state index contributed by atoms with van der Waals surface area (Å²) in [6.45, 7) is 1.95. The van der Waals surface area contributed by atoms with E-state index in [-0.39, 0.29) is 11.6 Å². The molecule has 1 saturated carbocycles. The number of carbonyl (C=O) groups is 1. The number of hydrogen-bond donors (Lipinski definition) is 1. The molecule has 34 heavy (non-hydrogen) atoms. The lowest BCUT2D eigenvalue weighted by Crippen LogP contribution is -2.63. The number of likely N-dealkylation sites (tertiary alicyclic amines) is 1. The highest BCUT2D eigenvalue weighted by Gasteiger charge is 2.55. The minimum absolute atomic E-state index is 0.108. The van der Waals surface area contributed by atoms with Gasteiger partial charge in [-0.3, -0.25) is 0 Å². The molecule has 0 radical (unpaired) electrons. The maximum atomic E-state index is 11.1. The van der Waals surface area contributed by atoms with Crippen LogP contribution in [0.5, 0.6) is 0 Å². The van der Waals surface area contributed by atoms with Crippen molar-refractivity contribution in [2.45, 2.75) is 44.2 Å². The number of carboxylic acid groups (broad SMARTS) is 1. The van der Waals surface area contributed by atoms with Crippen LogP contribution < -0.4 is 0 Å². The Morgan fingerprint density at radius 3 is 2.79 bits per heavy atom. The maximum Gasteiger partial charge on any atom is 0.407 e. The molecule has 3 aliphatic rings. The Kier molecular flexibility index (Phi) is 4.97. The van der Waals surface area contributed by atoms with Gasteiger partial charge in [0.05, 0.1) is 29.0 Å². The molecular weight excluding hydrogens is 500 g/mol. The second kappa shape index (κ2) is 7.82. The first kappa shape index (κ1) is 21.6. The van der Waals surface area contributed by atoms with Gasteiger partial charge in [0.1, 0.15) is 10.4 Å². The highest BCUT2D eigenvalue weighted by atomic mass is 79.9. The van der Waals surface area contributed by atoms with E-state index in [1.165, 1.54) is 4.90 Å². The number of hydrogen-bond acceptors (Lipinski definition) is 5. The van der Waals surface area contributed by atoms with Gasteiger partial charge in [-0.1, -0.05) is 0 Å². The van der Waals surface area contributed by atoms with E-state index >= 15 is 0 Å². The smallest absolute Gasteiger partial charge is 0.407 e. The van der Waals surface area contributed by atoms with E-state index in [0.717, 1.165) is 71.3 Å². The summed E-state index contributed by atoms with van der Waals surface area (Å²) >= 11 is 3.68. The molecule has 0 bridgehead atoms. The maximum absolute atomic E-state index is 11.1. The van der Waals surface area contributed by atoms with Gasteiger partial charge in [-0.25, -0.2) is 14.5 Å². The van der Waals surface area contributed by atoms with Gasteiger partial charge >= 0.3 is 6.09 Å². The summed E-state index contributed by atoms with van der Waals surface area (Å²) in [4.78, 5) is 17.5. The topological polar surface area (TPSA) is 109 Å². The Balaban J connectivity index is 1.36. The van der Waals surface area contributed by atoms with Gasteiger partial charge in [-0.05, 0) is 60.2 Å². The molecule has 1 unspecified atom stereocenters. The fourth-order valence-corrected chi connectivity index (χ4v) is 6.68.